The molecule has 0 saturated carbocycles. The fourth-order valence-electron chi connectivity index (χ4n) is 1.97. The van der Waals surface area contributed by atoms with Crippen LogP contribution in [0.4, 0.5) is 0 Å². The number of nitrogens with zero attached hydrogens (tertiary/aromatic N) is 2. The topological polar surface area (TPSA) is 95.6 Å². The zero-order chi connectivity index (χ0) is 16.1. The number of aromatic amines is 1. The molecule has 8 heteroatoms. The normalized spacial score (nSPS) is 10.2. The molecule has 0 radical (unpaired) electrons. The zero-order valence-electron chi connectivity index (χ0n) is 12.8. The van der Waals surface area contributed by atoms with Crippen molar-refractivity contribution in [3.05, 3.63) is 17.8 Å². The van der Waals surface area contributed by atoms with Crippen molar-refractivity contribution in [3.8, 4) is 28.5 Å². The van der Waals surface area contributed by atoms with Crippen LogP contribution in [0.3, 0.4) is 0 Å². The molecule has 0 aliphatic carbocycles. The molecule has 0 bridgehead atoms. The summed E-state index contributed by atoms with van der Waals surface area (Å²) in [7, 11) is 4.55. The average Bonchev–Trinajstić information content (AvgIpc) is 3.03. The summed E-state index contributed by atoms with van der Waals surface area (Å²) in [5.74, 6) is 0.889. The Morgan fingerprint density at radius 2 is 1.68 bits per heavy atom. The fourth-order valence-corrected chi connectivity index (χ4v) is 1.97. The van der Waals surface area contributed by atoms with Crippen molar-refractivity contribution in [1.82, 2.24) is 15.4 Å². The molecular weight excluding hydrogens is 290 g/mol. The first-order valence-corrected chi connectivity index (χ1v) is 6.54. The van der Waals surface area contributed by atoms with Gasteiger partial charge in [0.1, 0.15) is 11.4 Å². The molecule has 1 aromatic heterocycles. The number of carbonyl (C=O) groups is 1. The molecule has 118 valence electrons. The maximum absolute atomic E-state index is 11.9. The highest BCUT2D eigenvalue weighted by Crippen LogP contribution is 2.40. The number of hydrogen-bond donors (Lipinski definition) is 1. The van der Waals surface area contributed by atoms with E-state index in [1.54, 1.807) is 19.1 Å². The standard InChI is InChI=1S/C14H17N3O5/c1-5-22-14(18)13-12(15-17-16-13)8-6-10(20-3)11(21-4)7-9(8)19-2/h6-7H,5H2,1-4H3,(H,15,16,17). The summed E-state index contributed by atoms with van der Waals surface area (Å²) >= 11 is 0. The van der Waals surface area contributed by atoms with Crippen LogP contribution in [-0.4, -0.2) is 49.3 Å². The van der Waals surface area contributed by atoms with Crippen LogP contribution in [0.25, 0.3) is 11.3 Å². The molecular formula is C14H17N3O5. The molecule has 1 heterocycles. The van der Waals surface area contributed by atoms with Gasteiger partial charge in [0.2, 0.25) is 0 Å². The molecule has 0 aliphatic rings. The minimum atomic E-state index is -0.567. The summed E-state index contributed by atoms with van der Waals surface area (Å²) in [6.45, 7) is 1.96. The number of esters is 1. The highest BCUT2D eigenvalue weighted by molar-refractivity contribution is 5.95. The summed E-state index contributed by atoms with van der Waals surface area (Å²) in [6, 6.07) is 3.32. The highest BCUT2D eigenvalue weighted by atomic mass is 16.5. The predicted octanol–water partition coefficient (Wildman–Crippen LogP) is 1.67. The average molecular weight is 307 g/mol. The van der Waals surface area contributed by atoms with E-state index in [4.69, 9.17) is 18.9 Å². The van der Waals surface area contributed by atoms with Gasteiger partial charge in [-0.05, 0) is 13.0 Å². The minimum Gasteiger partial charge on any atom is -0.496 e. The molecule has 8 nitrogen and oxygen atoms in total. The van der Waals surface area contributed by atoms with Crippen molar-refractivity contribution >= 4 is 5.97 Å². The predicted molar refractivity (Wildman–Crippen MR) is 77.4 cm³/mol. The van der Waals surface area contributed by atoms with Gasteiger partial charge in [0.15, 0.2) is 17.2 Å². The summed E-state index contributed by atoms with van der Waals surface area (Å²) in [6.07, 6.45) is 0. The van der Waals surface area contributed by atoms with Crippen LogP contribution in [0.15, 0.2) is 12.1 Å². The van der Waals surface area contributed by atoms with Gasteiger partial charge in [0.25, 0.3) is 0 Å². The summed E-state index contributed by atoms with van der Waals surface area (Å²) in [5, 5.41) is 10.3. The van der Waals surface area contributed by atoms with Crippen molar-refractivity contribution in [1.29, 1.82) is 0 Å². The number of nitrogens with one attached hydrogen (secondary N) is 1. The Morgan fingerprint density at radius 1 is 1.05 bits per heavy atom. The third-order valence-corrected chi connectivity index (χ3v) is 2.98. The fraction of sp³-hybridized carbons (Fsp3) is 0.357. The lowest BCUT2D eigenvalue weighted by Gasteiger charge is -2.13. The quantitative estimate of drug-likeness (QED) is 0.811. The molecule has 1 aromatic carbocycles. The molecule has 2 rings (SSSR count). The van der Waals surface area contributed by atoms with Crippen LogP contribution < -0.4 is 14.2 Å². The monoisotopic (exact) mass is 307 g/mol. The van der Waals surface area contributed by atoms with E-state index in [0.29, 0.717) is 28.5 Å². The van der Waals surface area contributed by atoms with E-state index in [0.717, 1.165) is 0 Å². The molecule has 0 spiro atoms. The first-order valence-electron chi connectivity index (χ1n) is 6.54. The maximum Gasteiger partial charge on any atom is 0.361 e. The van der Waals surface area contributed by atoms with Crippen LogP contribution in [0.1, 0.15) is 17.4 Å². The third kappa shape index (κ3) is 2.80. The molecule has 0 unspecified atom stereocenters. The summed E-state index contributed by atoms with van der Waals surface area (Å²) in [4.78, 5) is 11.9. The number of ether oxygens (including phenoxy) is 4. The van der Waals surface area contributed by atoms with Crippen LogP contribution in [-0.2, 0) is 4.74 Å². The largest absolute Gasteiger partial charge is 0.496 e. The number of benzene rings is 1. The Balaban J connectivity index is 2.57. The molecule has 0 saturated heterocycles. The molecule has 2 aromatic rings. The van der Waals surface area contributed by atoms with Gasteiger partial charge in [-0.3, -0.25) is 0 Å². The van der Waals surface area contributed by atoms with E-state index in [9.17, 15) is 4.79 Å². The van der Waals surface area contributed by atoms with Crippen molar-refractivity contribution in [3.63, 3.8) is 0 Å². The van der Waals surface area contributed by atoms with Gasteiger partial charge in [-0.2, -0.15) is 10.3 Å². The first-order chi connectivity index (χ1) is 10.7. The van der Waals surface area contributed by atoms with E-state index in [1.165, 1.54) is 21.3 Å². The Morgan fingerprint density at radius 3 is 2.27 bits per heavy atom. The first kappa shape index (κ1) is 15.6. The molecule has 1 N–H and O–H groups in total. The van der Waals surface area contributed by atoms with Gasteiger partial charge >= 0.3 is 5.97 Å². The number of aromatic nitrogens is 3. The number of carbonyl (C=O) groups excluding carboxylic acids is 1. The Bertz CT molecular complexity index is 668. The third-order valence-electron chi connectivity index (χ3n) is 2.98. The second kappa shape index (κ2) is 6.79. The van der Waals surface area contributed by atoms with Crippen LogP contribution in [0, 0.1) is 0 Å². The van der Waals surface area contributed by atoms with E-state index < -0.39 is 5.97 Å². The number of hydrogen-bond acceptors (Lipinski definition) is 7. The molecule has 0 atom stereocenters. The van der Waals surface area contributed by atoms with Crippen molar-refractivity contribution in [2.45, 2.75) is 6.92 Å². The van der Waals surface area contributed by atoms with E-state index in [1.807, 2.05) is 0 Å². The second-order valence-electron chi connectivity index (χ2n) is 4.15. The van der Waals surface area contributed by atoms with Gasteiger partial charge < -0.3 is 18.9 Å². The Kier molecular flexibility index (Phi) is 4.82. The number of H-pyrrole nitrogens is 1. The van der Waals surface area contributed by atoms with Gasteiger partial charge in [-0.15, -0.1) is 5.10 Å². The molecule has 0 amide bonds. The van der Waals surface area contributed by atoms with Gasteiger partial charge in [-0.1, -0.05) is 0 Å². The van der Waals surface area contributed by atoms with Crippen molar-refractivity contribution < 1.29 is 23.7 Å². The van der Waals surface area contributed by atoms with E-state index in [-0.39, 0.29) is 12.3 Å². The molecule has 22 heavy (non-hydrogen) atoms. The lowest BCUT2D eigenvalue weighted by molar-refractivity contribution is 0.0520. The Hall–Kier alpha value is -2.77. The summed E-state index contributed by atoms with van der Waals surface area (Å²) < 4.78 is 20.8. The van der Waals surface area contributed by atoms with Crippen molar-refractivity contribution in [2.75, 3.05) is 27.9 Å². The van der Waals surface area contributed by atoms with E-state index >= 15 is 0 Å². The van der Waals surface area contributed by atoms with Crippen LogP contribution in [0.2, 0.25) is 0 Å². The van der Waals surface area contributed by atoms with E-state index in [2.05, 4.69) is 15.4 Å². The van der Waals surface area contributed by atoms with Crippen molar-refractivity contribution in [2.24, 2.45) is 0 Å². The van der Waals surface area contributed by atoms with Gasteiger partial charge in [0.05, 0.1) is 33.5 Å². The SMILES string of the molecule is CCOC(=O)c1n[nH]nc1-c1cc(OC)c(OC)cc1OC. The van der Waals surface area contributed by atoms with Gasteiger partial charge in [-0.25, -0.2) is 4.79 Å². The molecule has 0 fully saturated rings. The smallest absolute Gasteiger partial charge is 0.361 e. The van der Waals surface area contributed by atoms with Crippen LogP contribution in [0.5, 0.6) is 17.2 Å². The second-order valence-corrected chi connectivity index (χ2v) is 4.15. The minimum absolute atomic E-state index is 0.0763. The lowest BCUT2D eigenvalue weighted by Crippen LogP contribution is -2.07. The van der Waals surface area contributed by atoms with Crippen LogP contribution >= 0.6 is 0 Å². The maximum atomic E-state index is 11.9. The Labute approximate surface area is 127 Å². The highest BCUT2D eigenvalue weighted by Gasteiger charge is 2.23. The van der Waals surface area contributed by atoms with Gasteiger partial charge in [0, 0.05) is 6.07 Å². The number of methoxy groups -OCH3 is 3. The number of rotatable bonds is 6. The lowest BCUT2D eigenvalue weighted by atomic mass is 10.1. The molecule has 0 aliphatic heterocycles. The zero-order valence-corrected chi connectivity index (χ0v) is 12.8. The summed E-state index contributed by atoms with van der Waals surface area (Å²) in [5.41, 5.74) is 0.931.